The van der Waals surface area contributed by atoms with Gasteiger partial charge in [0.1, 0.15) is 0 Å². The fourth-order valence-corrected chi connectivity index (χ4v) is 3.02. The Balaban J connectivity index is 0.00000288. The Bertz CT molecular complexity index is 552. The number of carbonyl (C=O) groups is 2. The van der Waals surface area contributed by atoms with Crippen molar-refractivity contribution in [3.05, 3.63) is 24.3 Å². The van der Waals surface area contributed by atoms with Gasteiger partial charge in [0.25, 0.3) is 0 Å². The minimum absolute atomic E-state index is 0. The minimum atomic E-state index is -0.0662. The zero-order valence-corrected chi connectivity index (χ0v) is 16.3. The van der Waals surface area contributed by atoms with E-state index in [1.807, 2.05) is 14.1 Å². The first kappa shape index (κ1) is 23.7. The number of nitrogens with zero attached hydrogens (tertiary/aromatic N) is 1. The maximum atomic E-state index is 12.3. The molecule has 4 N–H and O–H groups in total. The van der Waals surface area contributed by atoms with Gasteiger partial charge in [-0.05, 0) is 63.7 Å². The van der Waals surface area contributed by atoms with Crippen molar-refractivity contribution < 1.29 is 9.59 Å². The Morgan fingerprint density at radius 2 is 1.64 bits per heavy atom. The number of nitrogens with one attached hydrogen (secondary N) is 2. The number of likely N-dealkylation sites (N-methyl/N-ethyl adjacent to an activating group) is 1. The molecule has 1 aliphatic carbocycles. The van der Waals surface area contributed by atoms with Gasteiger partial charge in [-0.15, -0.1) is 24.8 Å². The summed E-state index contributed by atoms with van der Waals surface area (Å²) in [6, 6.07) is 7.18. The Morgan fingerprint density at radius 1 is 1.08 bits per heavy atom. The molecule has 1 aromatic rings. The normalized spacial score (nSPS) is 18.9. The molecule has 0 spiro atoms. The lowest BCUT2D eigenvalue weighted by Gasteiger charge is -2.17. The molecule has 1 aromatic carbocycles. The second-order valence-corrected chi connectivity index (χ2v) is 6.39. The van der Waals surface area contributed by atoms with Crippen molar-refractivity contribution in [2.24, 2.45) is 17.6 Å². The van der Waals surface area contributed by atoms with E-state index in [0.29, 0.717) is 19.0 Å². The molecule has 1 fully saturated rings. The lowest BCUT2D eigenvalue weighted by atomic mass is 9.95. The number of hydrogen-bond donors (Lipinski definition) is 3. The van der Waals surface area contributed by atoms with Gasteiger partial charge in [-0.2, -0.15) is 0 Å². The van der Waals surface area contributed by atoms with E-state index in [0.717, 1.165) is 30.6 Å². The topological polar surface area (TPSA) is 87.5 Å². The number of anilines is 2. The fourth-order valence-electron chi connectivity index (χ4n) is 3.02. The summed E-state index contributed by atoms with van der Waals surface area (Å²) in [7, 11) is 3.69. The number of halogens is 2. The molecule has 6 nitrogen and oxygen atoms in total. The Labute approximate surface area is 161 Å². The van der Waals surface area contributed by atoms with Crippen molar-refractivity contribution in [3.8, 4) is 0 Å². The molecule has 0 unspecified atom stereocenters. The monoisotopic (exact) mass is 390 g/mol. The molecule has 2 rings (SSSR count). The number of carbonyl (C=O) groups excluding carboxylic acids is 2. The highest BCUT2D eigenvalue weighted by Gasteiger charge is 2.31. The van der Waals surface area contributed by atoms with Crippen molar-refractivity contribution >= 4 is 48.0 Å². The predicted molar refractivity (Wildman–Crippen MR) is 107 cm³/mol. The van der Waals surface area contributed by atoms with Crippen LogP contribution in [0.4, 0.5) is 11.4 Å². The van der Waals surface area contributed by atoms with Gasteiger partial charge in [0.05, 0.1) is 6.54 Å². The van der Waals surface area contributed by atoms with Gasteiger partial charge in [0.2, 0.25) is 11.8 Å². The molecule has 0 saturated heterocycles. The first-order valence-electron chi connectivity index (χ1n) is 8.05. The molecule has 25 heavy (non-hydrogen) atoms. The van der Waals surface area contributed by atoms with Crippen LogP contribution in [0.3, 0.4) is 0 Å². The van der Waals surface area contributed by atoms with E-state index < -0.39 is 0 Å². The van der Waals surface area contributed by atoms with Crippen molar-refractivity contribution in [1.82, 2.24) is 4.90 Å². The van der Waals surface area contributed by atoms with Crippen LogP contribution in [0, 0.1) is 11.8 Å². The zero-order chi connectivity index (χ0) is 16.8. The van der Waals surface area contributed by atoms with Crippen molar-refractivity contribution in [1.29, 1.82) is 0 Å². The summed E-state index contributed by atoms with van der Waals surface area (Å²) in [6.45, 7) is 0.898. The molecular formula is C17H28Cl2N4O2. The van der Waals surface area contributed by atoms with Gasteiger partial charge in [0.15, 0.2) is 0 Å². The van der Waals surface area contributed by atoms with Crippen molar-refractivity contribution in [2.75, 3.05) is 37.8 Å². The van der Waals surface area contributed by atoms with Gasteiger partial charge in [-0.3, -0.25) is 9.59 Å². The van der Waals surface area contributed by atoms with Crippen LogP contribution in [0.1, 0.15) is 19.3 Å². The summed E-state index contributed by atoms with van der Waals surface area (Å²) in [5.74, 6) is 0.282. The molecule has 0 aromatic heterocycles. The smallest absolute Gasteiger partial charge is 0.238 e. The average molecular weight is 391 g/mol. The van der Waals surface area contributed by atoms with Crippen LogP contribution < -0.4 is 16.4 Å². The highest BCUT2D eigenvalue weighted by Crippen LogP contribution is 2.31. The fraction of sp³-hybridized carbons (Fsp3) is 0.529. The highest BCUT2D eigenvalue weighted by atomic mass is 35.5. The number of rotatable bonds is 6. The average Bonchev–Trinajstić information content (AvgIpc) is 2.97. The summed E-state index contributed by atoms with van der Waals surface area (Å²) in [5, 5.41) is 5.76. The molecule has 142 valence electrons. The van der Waals surface area contributed by atoms with Crippen LogP contribution in [-0.2, 0) is 9.59 Å². The van der Waals surface area contributed by atoms with Gasteiger partial charge in [-0.1, -0.05) is 6.42 Å². The van der Waals surface area contributed by atoms with E-state index >= 15 is 0 Å². The number of benzene rings is 1. The number of hydrogen-bond acceptors (Lipinski definition) is 4. The van der Waals surface area contributed by atoms with E-state index in [2.05, 4.69) is 10.6 Å². The first-order valence-corrected chi connectivity index (χ1v) is 8.05. The highest BCUT2D eigenvalue weighted by molar-refractivity contribution is 5.94. The Kier molecular flexibility index (Phi) is 10.7. The third-order valence-corrected chi connectivity index (χ3v) is 4.19. The SMILES string of the molecule is CN(C)CC(=O)Nc1ccc(NC(=O)[C@@H]2CCC[C@@H]2CN)cc1.Cl.Cl. The lowest BCUT2D eigenvalue weighted by Crippen LogP contribution is -2.29. The third-order valence-electron chi connectivity index (χ3n) is 4.19. The molecule has 1 aliphatic rings. The molecule has 0 bridgehead atoms. The zero-order valence-electron chi connectivity index (χ0n) is 14.7. The van der Waals surface area contributed by atoms with Crippen LogP contribution in [-0.4, -0.2) is 43.9 Å². The molecule has 8 heteroatoms. The molecule has 0 aliphatic heterocycles. The van der Waals surface area contributed by atoms with Crippen molar-refractivity contribution in [2.45, 2.75) is 19.3 Å². The summed E-state index contributed by atoms with van der Waals surface area (Å²) < 4.78 is 0. The predicted octanol–water partition coefficient (Wildman–Crippen LogP) is 2.34. The molecule has 2 amide bonds. The van der Waals surface area contributed by atoms with Crippen LogP contribution >= 0.6 is 24.8 Å². The van der Waals surface area contributed by atoms with Gasteiger partial charge >= 0.3 is 0 Å². The standard InChI is InChI=1S/C17H26N4O2.2ClH/c1-21(2)11-16(22)19-13-6-8-14(9-7-13)20-17(23)15-5-3-4-12(15)10-18;;/h6-9,12,15H,3-5,10-11,18H2,1-2H3,(H,19,22)(H,20,23);2*1H/t12-,15-;;/m1../s1. The van der Waals surface area contributed by atoms with Gasteiger partial charge < -0.3 is 21.3 Å². The van der Waals surface area contributed by atoms with E-state index in [4.69, 9.17) is 5.73 Å². The van der Waals surface area contributed by atoms with E-state index in [9.17, 15) is 9.59 Å². The lowest BCUT2D eigenvalue weighted by molar-refractivity contribution is -0.120. The first-order chi connectivity index (χ1) is 11.0. The summed E-state index contributed by atoms with van der Waals surface area (Å²) in [4.78, 5) is 25.8. The maximum absolute atomic E-state index is 12.3. The molecule has 2 atom stereocenters. The van der Waals surface area contributed by atoms with Gasteiger partial charge in [0, 0.05) is 17.3 Å². The minimum Gasteiger partial charge on any atom is -0.330 e. The maximum Gasteiger partial charge on any atom is 0.238 e. The van der Waals surface area contributed by atoms with Crippen LogP contribution in [0.15, 0.2) is 24.3 Å². The number of amides is 2. The van der Waals surface area contributed by atoms with Crippen LogP contribution in [0.25, 0.3) is 0 Å². The van der Waals surface area contributed by atoms with Gasteiger partial charge in [-0.25, -0.2) is 0 Å². The molecule has 1 saturated carbocycles. The van der Waals surface area contributed by atoms with Crippen LogP contribution in [0.2, 0.25) is 0 Å². The quantitative estimate of drug-likeness (QED) is 0.695. The van der Waals surface area contributed by atoms with E-state index in [1.165, 1.54) is 0 Å². The van der Waals surface area contributed by atoms with Crippen molar-refractivity contribution in [3.63, 3.8) is 0 Å². The molecule has 0 heterocycles. The van der Waals surface area contributed by atoms with Crippen LogP contribution in [0.5, 0.6) is 0 Å². The second-order valence-electron chi connectivity index (χ2n) is 6.39. The third kappa shape index (κ3) is 7.20. The Morgan fingerprint density at radius 3 is 2.16 bits per heavy atom. The summed E-state index contributed by atoms with van der Waals surface area (Å²) in [5.41, 5.74) is 7.19. The summed E-state index contributed by atoms with van der Waals surface area (Å²) in [6.07, 6.45) is 3.01. The molecular weight excluding hydrogens is 363 g/mol. The second kappa shape index (κ2) is 11.3. The molecule has 0 radical (unpaired) electrons. The number of nitrogens with two attached hydrogens (primary N) is 1. The van der Waals surface area contributed by atoms with E-state index in [1.54, 1.807) is 29.2 Å². The summed E-state index contributed by atoms with van der Waals surface area (Å²) >= 11 is 0. The van der Waals surface area contributed by atoms with E-state index in [-0.39, 0.29) is 42.5 Å². The Hall–Kier alpha value is -1.34. The largest absolute Gasteiger partial charge is 0.330 e.